The van der Waals surface area contributed by atoms with Crippen LogP contribution in [0.3, 0.4) is 0 Å². The summed E-state index contributed by atoms with van der Waals surface area (Å²) in [5.41, 5.74) is -1.19. The van der Waals surface area contributed by atoms with Gasteiger partial charge in [-0.2, -0.15) is 31.3 Å². The summed E-state index contributed by atoms with van der Waals surface area (Å²) in [5, 5.41) is 13.2. The average Bonchev–Trinajstić information content (AvgIpc) is 2.84. The van der Waals surface area contributed by atoms with Crippen LogP contribution in [0.5, 0.6) is 0 Å². The second-order valence-corrected chi connectivity index (χ2v) is 4.45. The van der Waals surface area contributed by atoms with Crippen molar-refractivity contribution in [2.75, 3.05) is 0 Å². The molecular weight excluding hydrogens is 353 g/mol. The number of benzene rings is 1. The van der Waals surface area contributed by atoms with Crippen LogP contribution < -0.4 is 0 Å². The lowest BCUT2D eigenvalue weighted by molar-refractivity contribution is -0.385. The van der Waals surface area contributed by atoms with Gasteiger partial charge in [0.1, 0.15) is 5.82 Å². The highest BCUT2D eigenvalue weighted by molar-refractivity contribution is 5.34. The first-order valence-corrected chi connectivity index (χ1v) is 5.91. The fraction of sp³-hybridized carbons (Fsp3) is 0.273. The van der Waals surface area contributed by atoms with Crippen LogP contribution in [0.4, 0.5) is 36.4 Å². The molecule has 0 saturated carbocycles. The van der Waals surface area contributed by atoms with Crippen molar-refractivity contribution < 1.29 is 35.7 Å². The third-order valence-corrected chi connectivity index (χ3v) is 2.75. The Morgan fingerprint density at radius 3 is 2.21 bits per heavy atom. The zero-order valence-corrected chi connectivity index (χ0v) is 11.2. The Balaban J connectivity index is 2.46. The molecule has 0 atom stereocenters. The Hall–Kier alpha value is -2.73. The molecule has 0 aliphatic rings. The summed E-state index contributed by atoms with van der Waals surface area (Å²) in [5.74, 6) is -5.26. The van der Waals surface area contributed by atoms with E-state index in [1.807, 2.05) is 0 Å². The standard InChI is InChI=1S/C11H5F7N4O2/c12-7-3-6(22(23)24)2-1-5(7)4-21-9(11(16,17)18)19-8(20-21)10(13,14)15/h1-3H,4H2. The predicted octanol–water partition coefficient (Wildman–Crippen LogP) is 3.41. The summed E-state index contributed by atoms with van der Waals surface area (Å²) in [7, 11) is 0. The van der Waals surface area contributed by atoms with E-state index in [0.29, 0.717) is 6.07 Å². The predicted molar refractivity (Wildman–Crippen MR) is 62.2 cm³/mol. The zero-order valence-electron chi connectivity index (χ0n) is 11.2. The lowest BCUT2D eigenvalue weighted by Gasteiger charge is -2.09. The van der Waals surface area contributed by atoms with Crippen LogP contribution in [0.25, 0.3) is 0 Å². The van der Waals surface area contributed by atoms with E-state index in [0.717, 1.165) is 12.1 Å². The molecule has 0 fully saturated rings. The average molecular weight is 358 g/mol. The molecule has 0 N–H and O–H groups in total. The molecule has 0 aliphatic heterocycles. The Bertz CT molecular complexity index is 782. The highest BCUT2D eigenvalue weighted by atomic mass is 19.4. The van der Waals surface area contributed by atoms with E-state index in [1.165, 1.54) is 0 Å². The fourth-order valence-electron chi connectivity index (χ4n) is 1.72. The van der Waals surface area contributed by atoms with Gasteiger partial charge in [-0.1, -0.05) is 0 Å². The minimum atomic E-state index is -5.26. The van der Waals surface area contributed by atoms with Crippen LogP contribution in [0, 0.1) is 15.9 Å². The van der Waals surface area contributed by atoms with Crippen molar-refractivity contribution >= 4 is 5.69 Å². The molecule has 1 aromatic heterocycles. The number of nitro benzene ring substituents is 1. The lowest BCUT2D eigenvalue weighted by atomic mass is 10.2. The number of aromatic nitrogens is 3. The topological polar surface area (TPSA) is 73.8 Å². The van der Waals surface area contributed by atoms with Crippen LogP contribution in [0.1, 0.15) is 17.2 Å². The van der Waals surface area contributed by atoms with Crippen molar-refractivity contribution in [3.63, 3.8) is 0 Å². The van der Waals surface area contributed by atoms with Crippen molar-refractivity contribution in [1.29, 1.82) is 0 Å². The molecule has 130 valence electrons. The van der Waals surface area contributed by atoms with E-state index in [1.54, 1.807) is 0 Å². The second kappa shape index (κ2) is 5.72. The van der Waals surface area contributed by atoms with Gasteiger partial charge in [-0.15, -0.1) is 5.10 Å². The molecule has 0 spiro atoms. The van der Waals surface area contributed by atoms with E-state index < -0.39 is 52.5 Å². The number of nitro groups is 1. The normalized spacial score (nSPS) is 12.5. The Morgan fingerprint density at radius 2 is 1.75 bits per heavy atom. The summed E-state index contributed by atoms with van der Waals surface area (Å²) < 4.78 is 89.2. The number of alkyl halides is 6. The van der Waals surface area contributed by atoms with Crippen molar-refractivity contribution in [2.24, 2.45) is 0 Å². The fourth-order valence-corrected chi connectivity index (χ4v) is 1.72. The lowest BCUT2D eigenvalue weighted by Crippen LogP contribution is -2.17. The monoisotopic (exact) mass is 358 g/mol. The highest BCUT2D eigenvalue weighted by Gasteiger charge is 2.44. The van der Waals surface area contributed by atoms with Gasteiger partial charge in [0.15, 0.2) is 0 Å². The quantitative estimate of drug-likeness (QED) is 0.479. The Morgan fingerprint density at radius 1 is 1.12 bits per heavy atom. The van der Waals surface area contributed by atoms with Crippen LogP contribution in [0.2, 0.25) is 0 Å². The maximum atomic E-state index is 13.7. The van der Waals surface area contributed by atoms with Crippen LogP contribution in [-0.4, -0.2) is 19.7 Å². The van der Waals surface area contributed by atoms with Gasteiger partial charge in [0.2, 0.25) is 5.82 Å². The minimum Gasteiger partial charge on any atom is -0.258 e. The molecule has 1 heterocycles. The van der Waals surface area contributed by atoms with E-state index in [4.69, 9.17) is 0 Å². The second-order valence-electron chi connectivity index (χ2n) is 4.45. The highest BCUT2D eigenvalue weighted by Crippen LogP contribution is 2.33. The molecular formula is C11H5F7N4O2. The number of nitrogens with zero attached hydrogens (tertiary/aromatic N) is 4. The summed E-state index contributed by atoms with van der Waals surface area (Å²) in [4.78, 5) is 11.9. The first kappa shape index (κ1) is 17.6. The maximum absolute atomic E-state index is 13.7. The van der Waals surface area contributed by atoms with Crippen LogP contribution >= 0.6 is 0 Å². The molecule has 0 aliphatic carbocycles. The van der Waals surface area contributed by atoms with Gasteiger partial charge in [-0.05, 0) is 6.07 Å². The summed E-state index contributed by atoms with van der Waals surface area (Å²) in [6.45, 7) is -1.04. The molecule has 2 rings (SSSR count). The van der Waals surface area contributed by atoms with E-state index in [-0.39, 0.29) is 4.68 Å². The van der Waals surface area contributed by atoms with Gasteiger partial charge >= 0.3 is 12.4 Å². The first-order chi connectivity index (χ1) is 10.9. The molecule has 0 amide bonds. The van der Waals surface area contributed by atoms with Gasteiger partial charge in [-0.3, -0.25) is 10.1 Å². The molecule has 0 saturated heterocycles. The van der Waals surface area contributed by atoms with Crippen LogP contribution in [0.15, 0.2) is 18.2 Å². The SMILES string of the molecule is O=[N+]([O-])c1ccc(Cn2nc(C(F)(F)F)nc2C(F)(F)F)c(F)c1. The van der Waals surface area contributed by atoms with Crippen LogP contribution in [-0.2, 0) is 18.9 Å². The van der Waals surface area contributed by atoms with Crippen molar-refractivity contribution in [3.8, 4) is 0 Å². The molecule has 0 unspecified atom stereocenters. The number of hydrogen-bond donors (Lipinski definition) is 0. The van der Waals surface area contributed by atoms with Gasteiger partial charge in [0.05, 0.1) is 17.5 Å². The first-order valence-electron chi connectivity index (χ1n) is 5.91. The molecule has 6 nitrogen and oxygen atoms in total. The zero-order chi connectivity index (χ0) is 18.3. The minimum absolute atomic E-state index is 0.160. The van der Waals surface area contributed by atoms with Crippen molar-refractivity contribution in [3.05, 3.63) is 51.3 Å². The summed E-state index contributed by atoms with van der Waals surface area (Å²) in [6, 6.07) is 2.01. The number of halogens is 7. The molecule has 0 bridgehead atoms. The Labute approximate surface area is 127 Å². The molecule has 2 aromatic rings. The largest absolute Gasteiger partial charge is 0.453 e. The third kappa shape index (κ3) is 3.60. The van der Waals surface area contributed by atoms with E-state index in [2.05, 4.69) is 10.1 Å². The third-order valence-electron chi connectivity index (χ3n) is 2.75. The molecule has 1 aromatic carbocycles. The van der Waals surface area contributed by atoms with E-state index >= 15 is 0 Å². The maximum Gasteiger partial charge on any atom is 0.453 e. The van der Waals surface area contributed by atoms with Gasteiger partial charge in [0, 0.05) is 11.6 Å². The van der Waals surface area contributed by atoms with E-state index in [9.17, 15) is 40.8 Å². The summed E-state index contributed by atoms with van der Waals surface area (Å²) >= 11 is 0. The van der Waals surface area contributed by atoms with Crippen molar-refractivity contribution in [2.45, 2.75) is 18.9 Å². The Kier molecular flexibility index (Phi) is 4.20. The summed E-state index contributed by atoms with van der Waals surface area (Å²) in [6.07, 6.45) is -10.5. The van der Waals surface area contributed by atoms with Gasteiger partial charge in [-0.25, -0.2) is 9.07 Å². The smallest absolute Gasteiger partial charge is 0.258 e. The van der Waals surface area contributed by atoms with Crippen molar-refractivity contribution in [1.82, 2.24) is 14.8 Å². The molecule has 24 heavy (non-hydrogen) atoms. The number of non-ortho nitro benzene ring substituents is 1. The van der Waals surface area contributed by atoms with Gasteiger partial charge in [0.25, 0.3) is 11.5 Å². The molecule has 13 heteroatoms. The van der Waals surface area contributed by atoms with Gasteiger partial charge < -0.3 is 0 Å². The number of rotatable bonds is 3. The molecule has 0 radical (unpaired) electrons. The number of hydrogen-bond acceptors (Lipinski definition) is 4.